The van der Waals surface area contributed by atoms with E-state index in [4.69, 9.17) is 0 Å². The summed E-state index contributed by atoms with van der Waals surface area (Å²) in [6, 6.07) is 2.09. The minimum atomic E-state index is 0.175. The van der Waals surface area contributed by atoms with Gasteiger partial charge in [0.1, 0.15) is 6.29 Å². The summed E-state index contributed by atoms with van der Waals surface area (Å²) < 4.78 is 0. The zero-order valence-electron chi connectivity index (χ0n) is 7.61. The fraction of sp³-hybridized carbons (Fsp3) is 0.545. The molecule has 1 heterocycles. The fourth-order valence-corrected chi connectivity index (χ4v) is 2.95. The van der Waals surface area contributed by atoms with Gasteiger partial charge in [-0.25, -0.2) is 0 Å². The molecule has 0 N–H and O–H groups in total. The standard InChI is InChI=1S/C11H14OS/c12-7-11(9-3-1-2-4-9)10-5-6-13-8-10/h5-9,11H,1-4H2. The lowest BCUT2D eigenvalue weighted by Crippen LogP contribution is -2.10. The Hall–Kier alpha value is -0.630. The third-order valence-electron chi connectivity index (χ3n) is 2.98. The van der Waals surface area contributed by atoms with Crippen molar-refractivity contribution in [1.29, 1.82) is 0 Å². The van der Waals surface area contributed by atoms with Crippen molar-refractivity contribution < 1.29 is 4.79 Å². The summed E-state index contributed by atoms with van der Waals surface area (Å²) in [6.07, 6.45) is 6.22. The molecule has 0 spiro atoms. The Labute approximate surface area is 82.8 Å². The zero-order valence-corrected chi connectivity index (χ0v) is 8.43. The predicted octanol–water partition coefficient (Wildman–Crippen LogP) is 3.22. The van der Waals surface area contributed by atoms with Crippen LogP contribution in [0.25, 0.3) is 0 Å². The predicted molar refractivity (Wildman–Crippen MR) is 55.1 cm³/mol. The van der Waals surface area contributed by atoms with Gasteiger partial charge in [0.05, 0.1) is 0 Å². The smallest absolute Gasteiger partial charge is 0.127 e. The maximum Gasteiger partial charge on any atom is 0.127 e. The molecule has 0 saturated heterocycles. The highest BCUT2D eigenvalue weighted by Crippen LogP contribution is 2.36. The van der Waals surface area contributed by atoms with Gasteiger partial charge in [0, 0.05) is 5.92 Å². The van der Waals surface area contributed by atoms with Gasteiger partial charge in [-0.05, 0) is 41.1 Å². The van der Waals surface area contributed by atoms with Crippen LogP contribution in [-0.2, 0) is 4.79 Å². The largest absolute Gasteiger partial charge is 0.303 e. The number of hydrogen-bond donors (Lipinski definition) is 0. The number of carbonyl (C=O) groups excluding carboxylic acids is 1. The lowest BCUT2D eigenvalue weighted by atomic mass is 9.88. The van der Waals surface area contributed by atoms with Crippen LogP contribution in [-0.4, -0.2) is 6.29 Å². The molecular weight excluding hydrogens is 180 g/mol. The van der Waals surface area contributed by atoms with Crippen LogP contribution < -0.4 is 0 Å². The minimum Gasteiger partial charge on any atom is -0.303 e. The highest BCUT2D eigenvalue weighted by atomic mass is 32.1. The van der Waals surface area contributed by atoms with Crippen LogP contribution in [0.2, 0.25) is 0 Å². The normalized spacial score (nSPS) is 20.3. The first kappa shape index (κ1) is 8.95. The van der Waals surface area contributed by atoms with Gasteiger partial charge in [0.15, 0.2) is 0 Å². The lowest BCUT2D eigenvalue weighted by molar-refractivity contribution is -0.110. The number of hydrogen-bond acceptors (Lipinski definition) is 2. The van der Waals surface area contributed by atoms with Crippen LogP contribution in [0.4, 0.5) is 0 Å². The molecule has 1 aliphatic carbocycles. The maximum atomic E-state index is 11.0. The first-order valence-electron chi connectivity index (χ1n) is 4.89. The van der Waals surface area contributed by atoms with Gasteiger partial charge in [-0.3, -0.25) is 0 Å². The summed E-state index contributed by atoms with van der Waals surface area (Å²) in [5, 5.41) is 4.16. The van der Waals surface area contributed by atoms with Gasteiger partial charge in [-0.15, -0.1) is 0 Å². The topological polar surface area (TPSA) is 17.1 Å². The maximum absolute atomic E-state index is 11.0. The van der Waals surface area contributed by atoms with Gasteiger partial charge < -0.3 is 4.79 Å². The Kier molecular flexibility index (Phi) is 2.79. The third kappa shape index (κ3) is 1.83. The Bertz CT molecular complexity index is 260. The van der Waals surface area contributed by atoms with Crippen molar-refractivity contribution in [2.45, 2.75) is 31.6 Å². The highest BCUT2D eigenvalue weighted by molar-refractivity contribution is 7.08. The lowest BCUT2D eigenvalue weighted by Gasteiger charge is -2.15. The molecular formula is C11H14OS. The van der Waals surface area contributed by atoms with E-state index in [1.165, 1.54) is 31.2 Å². The van der Waals surface area contributed by atoms with Crippen molar-refractivity contribution in [3.05, 3.63) is 22.4 Å². The van der Waals surface area contributed by atoms with Gasteiger partial charge in [-0.1, -0.05) is 12.8 Å². The van der Waals surface area contributed by atoms with E-state index < -0.39 is 0 Å². The zero-order chi connectivity index (χ0) is 9.10. The Balaban J connectivity index is 2.13. The summed E-state index contributed by atoms with van der Waals surface area (Å²) in [5.74, 6) is 0.792. The number of rotatable bonds is 3. The monoisotopic (exact) mass is 194 g/mol. The molecule has 1 aromatic heterocycles. The molecule has 1 nitrogen and oxygen atoms in total. The van der Waals surface area contributed by atoms with E-state index in [0.29, 0.717) is 5.92 Å². The van der Waals surface area contributed by atoms with Gasteiger partial charge in [0.25, 0.3) is 0 Å². The Morgan fingerprint density at radius 1 is 1.46 bits per heavy atom. The molecule has 13 heavy (non-hydrogen) atoms. The van der Waals surface area contributed by atoms with Crippen molar-refractivity contribution in [2.75, 3.05) is 0 Å². The van der Waals surface area contributed by atoms with E-state index >= 15 is 0 Å². The summed E-state index contributed by atoms with van der Waals surface area (Å²) in [7, 11) is 0. The van der Waals surface area contributed by atoms with E-state index in [9.17, 15) is 4.79 Å². The highest BCUT2D eigenvalue weighted by Gasteiger charge is 2.25. The van der Waals surface area contributed by atoms with E-state index in [-0.39, 0.29) is 5.92 Å². The third-order valence-corrected chi connectivity index (χ3v) is 3.68. The Morgan fingerprint density at radius 3 is 2.77 bits per heavy atom. The molecule has 70 valence electrons. The first-order valence-corrected chi connectivity index (χ1v) is 5.83. The van der Waals surface area contributed by atoms with Gasteiger partial charge in [-0.2, -0.15) is 11.3 Å². The summed E-state index contributed by atoms with van der Waals surface area (Å²) in [5.41, 5.74) is 1.23. The van der Waals surface area contributed by atoms with Crippen molar-refractivity contribution in [2.24, 2.45) is 5.92 Å². The molecule has 0 aliphatic heterocycles. The van der Waals surface area contributed by atoms with Crippen molar-refractivity contribution in [3.8, 4) is 0 Å². The van der Waals surface area contributed by atoms with Crippen LogP contribution in [0.3, 0.4) is 0 Å². The SMILES string of the molecule is O=CC(c1ccsc1)C1CCCC1. The summed E-state index contributed by atoms with van der Waals surface area (Å²) >= 11 is 1.68. The minimum absolute atomic E-state index is 0.175. The molecule has 0 radical (unpaired) electrons. The molecule has 0 aromatic carbocycles. The van der Waals surface area contributed by atoms with Crippen LogP contribution in [0, 0.1) is 5.92 Å². The molecule has 0 amide bonds. The van der Waals surface area contributed by atoms with E-state index in [1.54, 1.807) is 11.3 Å². The van der Waals surface area contributed by atoms with Crippen molar-refractivity contribution in [3.63, 3.8) is 0 Å². The molecule has 1 unspecified atom stereocenters. The van der Waals surface area contributed by atoms with Crippen LogP contribution in [0.5, 0.6) is 0 Å². The molecule has 2 rings (SSSR count). The van der Waals surface area contributed by atoms with Crippen molar-refractivity contribution in [1.82, 2.24) is 0 Å². The second kappa shape index (κ2) is 4.05. The quantitative estimate of drug-likeness (QED) is 0.675. The van der Waals surface area contributed by atoms with E-state index in [2.05, 4.69) is 16.8 Å². The van der Waals surface area contributed by atoms with E-state index in [1.807, 2.05) is 0 Å². The van der Waals surface area contributed by atoms with E-state index in [0.717, 1.165) is 6.29 Å². The average molecular weight is 194 g/mol. The molecule has 2 heteroatoms. The second-order valence-electron chi connectivity index (χ2n) is 3.76. The van der Waals surface area contributed by atoms with Gasteiger partial charge >= 0.3 is 0 Å². The summed E-state index contributed by atoms with van der Waals surface area (Å²) in [4.78, 5) is 11.0. The molecule has 1 fully saturated rings. The van der Waals surface area contributed by atoms with Crippen LogP contribution in [0.15, 0.2) is 16.8 Å². The number of aldehydes is 1. The summed E-state index contributed by atoms with van der Waals surface area (Å²) in [6.45, 7) is 0. The molecule has 1 atom stereocenters. The van der Waals surface area contributed by atoms with Crippen molar-refractivity contribution >= 4 is 17.6 Å². The number of carbonyl (C=O) groups is 1. The Morgan fingerprint density at radius 2 is 2.23 bits per heavy atom. The molecule has 1 saturated carbocycles. The van der Waals surface area contributed by atoms with Gasteiger partial charge in [0.2, 0.25) is 0 Å². The van der Waals surface area contributed by atoms with Crippen LogP contribution >= 0.6 is 11.3 Å². The molecule has 1 aromatic rings. The molecule has 1 aliphatic rings. The second-order valence-corrected chi connectivity index (χ2v) is 4.54. The fourth-order valence-electron chi connectivity index (χ4n) is 2.24. The number of thiophene rings is 1. The first-order chi connectivity index (χ1) is 6.42. The average Bonchev–Trinajstić information content (AvgIpc) is 2.76. The van der Waals surface area contributed by atoms with Crippen LogP contribution in [0.1, 0.15) is 37.2 Å². The molecule has 0 bridgehead atoms.